The van der Waals surface area contributed by atoms with Crippen molar-refractivity contribution in [2.24, 2.45) is 11.0 Å². The second-order valence-corrected chi connectivity index (χ2v) is 6.06. The molecule has 5 heteroatoms. The van der Waals surface area contributed by atoms with Crippen LogP contribution >= 0.6 is 11.3 Å². The van der Waals surface area contributed by atoms with E-state index in [0.29, 0.717) is 5.92 Å². The first-order valence-electron chi connectivity index (χ1n) is 7.39. The lowest BCUT2D eigenvalue weighted by molar-refractivity contribution is 0.415. The molecule has 0 spiro atoms. The molecular formula is C17H19N3OS. The van der Waals surface area contributed by atoms with Crippen LogP contribution in [0.2, 0.25) is 0 Å². The van der Waals surface area contributed by atoms with E-state index in [1.54, 1.807) is 18.4 Å². The Balaban J connectivity index is 1.60. The van der Waals surface area contributed by atoms with Crippen LogP contribution in [0.3, 0.4) is 0 Å². The molecule has 0 saturated carbocycles. The number of hydrogen-bond acceptors (Lipinski definition) is 5. The van der Waals surface area contributed by atoms with Gasteiger partial charge in [-0.15, -0.1) is 11.3 Å². The fourth-order valence-corrected chi connectivity index (χ4v) is 3.04. The van der Waals surface area contributed by atoms with Crippen LogP contribution in [-0.2, 0) is 0 Å². The van der Waals surface area contributed by atoms with Crippen molar-refractivity contribution in [1.82, 2.24) is 4.98 Å². The molecule has 0 fully saturated rings. The van der Waals surface area contributed by atoms with Crippen molar-refractivity contribution in [1.29, 1.82) is 0 Å². The van der Waals surface area contributed by atoms with E-state index < -0.39 is 0 Å². The minimum Gasteiger partial charge on any atom is -0.497 e. The average molecular weight is 313 g/mol. The number of methoxy groups -OCH3 is 1. The van der Waals surface area contributed by atoms with E-state index >= 15 is 0 Å². The Labute approximate surface area is 134 Å². The van der Waals surface area contributed by atoms with Gasteiger partial charge in [0.25, 0.3) is 0 Å². The fourth-order valence-electron chi connectivity index (χ4n) is 2.37. The van der Waals surface area contributed by atoms with Crippen LogP contribution < -0.4 is 10.2 Å². The molecule has 1 aliphatic rings. The maximum Gasteiger partial charge on any atom is 0.203 e. The zero-order valence-electron chi connectivity index (χ0n) is 12.5. The van der Waals surface area contributed by atoms with Crippen molar-refractivity contribution >= 4 is 22.7 Å². The summed E-state index contributed by atoms with van der Waals surface area (Å²) >= 11 is 1.56. The zero-order valence-corrected chi connectivity index (χ0v) is 13.3. The molecule has 0 saturated heterocycles. The van der Waals surface area contributed by atoms with Crippen molar-refractivity contribution in [3.05, 3.63) is 41.8 Å². The number of hydrazone groups is 1. The number of benzene rings is 1. The van der Waals surface area contributed by atoms with Gasteiger partial charge in [-0.1, -0.05) is 12.2 Å². The topological polar surface area (TPSA) is 46.5 Å². The molecule has 1 aromatic carbocycles. The van der Waals surface area contributed by atoms with Crippen LogP contribution in [0, 0.1) is 5.92 Å². The summed E-state index contributed by atoms with van der Waals surface area (Å²) in [7, 11) is 1.67. The molecule has 0 radical (unpaired) electrons. The largest absolute Gasteiger partial charge is 0.497 e. The van der Waals surface area contributed by atoms with Gasteiger partial charge in [-0.05, 0) is 49.4 Å². The van der Waals surface area contributed by atoms with Crippen LogP contribution in [0.4, 0.5) is 5.13 Å². The molecule has 1 unspecified atom stereocenters. The molecule has 2 aromatic rings. The second kappa shape index (κ2) is 7.22. The number of thiazole rings is 1. The Kier molecular flexibility index (Phi) is 4.85. The normalized spacial score (nSPS) is 17.8. The third kappa shape index (κ3) is 3.74. The predicted octanol–water partition coefficient (Wildman–Crippen LogP) is 4.57. The summed E-state index contributed by atoms with van der Waals surface area (Å²) in [5, 5.41) is 7.16. The first-order chi connectivity index (χ1) is 10.8. The number of ether oxygens (including phenoxy) is 1. The van der Waals surface area contributed by atoms with Gasteiger partial charge < -0.3 is 4.74 Å². The van der Waals surface area contributed by atoms with Crippen LogP contribution in [0.15, 0.2) is 46.9 Å². The Morgan fingerprint density at radius 1 is 1.32 bits per heavy atom. The standard InChI is InChI=1S/C17H19N3OS/c1-21-15-9-7-14(8-10-15)16-12-22-17(19-16)20-18-11-13-5-3-2-4-6-13/h2-3,7-13H,4-6H2,1H3,(H,19,20). The van der Waals surface area contributed by atoms with Gasteiger partial charge in [-0.25, -0.2) is 4.98 Å². The van der Waals surface area contributed by atoms with E-state index in [1.807, 2.05) is 35.9 Å². The maximum atomic E-state index is 5.17. The number of anilines is 1. The summed E-state index contributed by atoms with van der Waals surface area (Å²) in [6.07, 6.45) is 9.87. The average Bonchev–Trinajstić information content (AvgIpc) is 3.05. The molecule has 114 valence electrons. The van der Waals surface area contributed by atoms with E-state index in [4.69, 9.17) is 4.74 Å². The quantitative estimate of drug-likeness (QED) is 0.499. The van der Waals surface area contributed by atoms with Crippen molar-refractivity contribution in [3.63, 3.8) is 0 Å². The summed E-state index contributed by atoms with van der Waals surface area (Å²) in [6.45, 7) is 0. The lowest BCUT2D eigenvalue weighted by Gasteiger charge is -2.11. The van der Waals surface area contributed by atoms with E-state index in [9.17, 15) is 0 Å². The first kappa shape index (κ1) is 14.8. The molecule has 22 heavy (non-hydrogen) atoms. The molecular weight excluding hydrogens is 294 g/mol. The van der Waals surface area contributed by atoms with Crippen LogP contribution in [-0.4, -0.2) is 18.3 Å². The van der Waals surface area contributed by atoms with Crippen LogP contribution in [0.25, 0.3) is 11.3 Å². The molecule has 0 aliphatic heterocycles. The Bertz CT molecular complexity index is 661. The number of hydrogen-bond donors (Lipinski definition) is 1. The van der Waals surface area contributed by atoms with Crippen molar-refractivity contribution < 1.29 is 4.74 Å². The highest BCUT2D eigenvalue weighted by atomic mass is 32.1. The van der Waals surface area contributed by atoms with Gasteiger partial charge in [0.2, 0.25) is 5.13 Å². The molecule has 1 heterocycles. The second-order valence-electron chi connectivity index (χ2n) is 5.20. The highest BCUT2D eigenvalue weighted by Gasteiger charge is 2.07. The molecule has 0 bridgehead atoms. The summed E-state index contributed by atoms with van der Waals surface area (Å²) in [6, 6.07) is 7.90. The smallest absolute Gasteiger partial charge is 0.203 e. The Hall–Kier alpha value is -2.14. The van der Waals surface area contributed by atoms with Gasteiger partial charge in [0.05, 0.1) is 12.8 Å². The third-order valence-electron chi connectivity index (χ3n) is 3.65. The Morgan fingerprint density at radius 3 is 2.91 bits per heavy atom. The van der Waals surface area contributed by atoms with E-state index in [-0.39, 0.29) is 0 Å². The first-order valence-corrected chi connectivity index (χ1v) is 8.27. The van der Waals surface area contributed by atoms with Gasteiger partial charge in [0.15, 0.2) is 0 Å². The van der Waals surface area contributed by atoms with E-state index in [0.717, 1.165) is 35.0 Å². The van der Waals surface area contributed by atoms with E-state index in [2.05, 4.69) is 27.7 Å². The molecule has 4 nitrogen and oxygen atoms in total. The lowest BCUT2D eigenvalue weighted by Crippen LogP contribution is -2.04. The number of nitrogens with one attached hydrogen (secondary N) is 1. The van der Waals surface area contributed by atoms with Gasteiger partial charge in [0, 0.05) is 17.2 Å². The predicted molar refractivity (Wildman–Crippen MR) is 92.7 cm³/mol. The van der Waals surface area contributed by atoms with Crippen LogP contribution in [0.5, 0.6) is 5.75 Å². The zero-order chi connectivity index (χ0) is 15.2. The molecule has 1 aromatic heterocycles. The van der Waals surface area contributed by atoms with Gasteiger partial charge in [0.1, 0.15) is 5.75 Å². The Morgan fingerprint density at radius 2 is 2.18 bits per heavy atom. The monoisotopic (exact) mass is 313 g/mol. The molecule has 1 N–H and O–H groups in total. The summed E-state index contributed by atoms with van der Waals surface area (Å²) in [5.74, 6) is 1.39. The van der Waals surface area contributed by atoms with Crippen molar-refractivity contribution in [2.45, 2.75) is 19.3 Å². The number of allylic oxidation sites excluding steroid dienone is 2. The third-order valence-corrected chi connectivity index (χ3v) is 4.39. The molecule has 3 rings (SSSR count). The van der Waals surface area contributed by atoms with Crippen molar-refractivity contribution in [3.8, 4) is 17.0 Å². The number of rotatable bonds is 5. The van der Waals surface area contributed by atoms with Crippen LogP contribution in [0.1, 0.15) is 19.3 Å². The lowest BCUT2D eigenvalue weighted by atomic mass is 9.96. The number of aromatic nitrogens is 1. The van der Waals surface area contributed by atoms with Gasteiger partial charge in [-0.3, -0.25) is 5.43 Å². The minimum absolute atomic E-state index is 0.540. The minimum atomic E-state index is 0.540. The summed E-state index contributed by atoms with van der Waals surface area (Å²) in [4.78, 5) is 4.56. The van der Waals surface area contributed by atoms with Gasteiger partial charge >= 0.3 is 0 Å². The highest BCUT2D eigenvalue weighted by Crippen LogP contribution is 2.26. The van der Waals surface area contributed by atoms with E-state index in [1.165, 1.54) is 6.42 Å². The molecule has 1 atom stereocenters. The SMILES string of the molecule is COc1ccc(-c2csc(NN=CC3CC=CCC3)n2)cc1. The molecule has 1 aliphatic carbocycles. The van der Waals surface area contributed by atoms with Crippen molar-refractivity contribution in [2.75, 3.05) is 12.5 Å². The number of nitrogens with zero attached hydrogens (tertiary/aromatic N) is 2. The highest BCUT2D eigenvalue weighted by molar-refractivity contribution is 7.14. The molecule has 0 amide bonds. The fraction of sp³-hybridized carbons (Fsp3) is 0.294. The maximum absolute atomic E-state index is 5.17. The van der Waals surface area contributed by atoms with Gasteiger partial charge in [-0.2, -0.15) is 5.10 Å². The summed E-state index contributed by atoms with van der Waals surface area (Å²) < 4.78 is 5.17. The summed E-state index contributed by atoms with van der Waals surface area (Å²) in [5.41, 5.74) is 5.06.